The topological polar surface area (TPSA) is 279 Å². The van der Waals surface area contributed by atoms with E-state index in [2.05, 4.69) is 16.0 Å². The quantitative estimate of drug-likeness (QED) is 0.127. The Balaban J connectivity index is 1.34. The van der Waals surface area contributed by atoms with Crippen molar-refractivity contribution in [2.24, 2.45) is 40.9 Å². The van der Waals surface area contributed by atoms with E-state index in [0.717, 1.165) is 29.4 Å². The second-order valence-electron chi connectivity index (χ2n) is 32.8. The van der Waals surface area contributed by atoms with Gasteiger partial charge < -0.3 is 64.8 Å². The smallest absolute Gasteiger partial charge is 0.377 e. The van der Waals surface area contributed by atoms with Gasteiger partial charge in [-0.1, -0.05) is 66.0 Å². The number of fused-ring (bicyclic) bond motifs is 3. The van der Waals surface area contributed by atoms with Crippen LogP contribution >= 0.6 is 0 Å². The molecule has 33 heteroatoms. The minimum absolute atomic E-state index is 0.00514. The van der Waals surface area contributed by atoms with Gasteiger partial charge in [-0.25, -0.2) is 8.78 Å². The fraction of sp³-hybridized carbons (Fsp3) is 0.816. The third kappa shape index (κ3) is 21.3. The Morgan fingerprint density at radius 3 is 1.83 bits per heavy atom. The van der Waals surface area contributed by atoms with Gasteiger partial charge in [0.1, 0.15) is 72.1 Å². The van der Waals surface area contributed by atoms with E-state index in [1.807, 2.05) is 13.8 Å². The number of nitrogens with one attached hydrogen (secondary N) is 3. The van der Waals surface area contributed by atoms with Crippen LogP contribution in [-0.2, 0) is 62.3 Å². The highest BCUT2D eigenvalue weighted by atomic mass is 19.4. The van der Waals surface area contributed by atoms with Crippen LogP contribution in [0.25, 0.3) is 0 Å². The zero-order valence-electron chi connectivity index (χ0n) is 65.9. The molecule has 0 aromatic carbocycles. The van der Waals surface area contributed by atoms with Crippen molar-refractivity contribution in [3.05, 3.63) is 12.2 Å². The summed E-state index contributed by atoms with van der Waals surface area (Å²) < 4.78 is 122. The maximum Gasteiger partial charge on any atom is 0.397 e. The van der Waals surface area contributed by atoms with E-state index in [1.54, 1.807) is 46.8 Å². The predicted molar refractivity (Wildman–Crippen MR) is 386 cm³/mol. The third-order valence-electron chi connectivity index (χ3n) is 24.2. The Bertz CT molecular complexity index is 3270. The van der Waals surface area contributed by atoms with Crippen molar-refractivity contribution < 1.29 is 97.4 Å². The summed E-state index contributed by atoms with van der Waals surface area (Å²) in [4.78, 5) is 192. The van der Waals surface area contributed by atoms with E-state index >= 15 is 37.5 Å². The van der Waals surface area contributed by atoms with Crippen LogP contribution in [-0.4, -0.2) is 288 Å². The van der Waals surface area contributed by atoms with Gasteiger partial charge in [-0.3, -0.25) is 57.5 Å². The first-order valence-corrected chi connectivity index (χ1v) is 39.0. The first kappa shape index (κ1) is 89.0. The van der Waals surface area contributed by atoms with Crippen molar-refractivity contribution in [3.63, 3.8) is 0 Å². The lowest BCUT2D eigenvalue weighted by molar-refractivity contribution is -0.219. The Hall–Kier alpha value is -7.22. The van der Waals surface area contributed by atoms with Crippen LogP contribution in [0.2, 0.25) is 0 Å². The molecule has 12 atom stereocenters. The number of halogens is 8. The molecule has 7 rings (SSSR count). The Labute approximate surface area is 635 Å². The van der Waals surface area contributed by atoms with Crippen molar-refractivity contribution in [1.29, 1.82) is 0 Å². The van der Waals surface area contributed by atoms with Crippen LogP contribution in [0.4, 0.5) is 35.1 Å². The first-order chi connectivity index (χ1) is 51.0. The molecule has 4 aliphatic carbocycles. The summed E-state index contributed by atoms with van der Waals surface area (Å²) in [5.74, 6) is -16.8. The molecule has 0 aromatic rings. The highest BCUT2D eigenvalue weighted by Crippen LogP contribution is 2.51. The lowest BCUT2D eigenvalue weighted by Crippen LogP contribution is -2.72. The second kappa shape index (κ2) is 37.4. The normalized spacial score (nSPS) is 32.2. The zero-order valence-corrected chi connectivity index (χ0v) is 65.9. The minimum Gasteiger partial charge on any atom is -0.377 e. The molecule has 2 saturated heterocycles. The molecule has 109 heavy (non-hydrogen) atoms. The van der Waals surface area contributed by atoms with Crippen molar-refractivity contribution in [2.45, 2.75) is 268 Å². The van der Waals surface area contributed by atoms with Crippen molar-refractivity contribution >= 4 is 70.9 Å². The Kier molecular flexibility index (Phi) is 30.5. The number of rotatable bonds is 13. The van der Waals surface area contributed by atoms with Crippen LogP contribution in [0.15, 0.2) is 12.2 Å². The number of carbonyl (C=O) groups excluding carboxylic acids is 12. The molecule has 1 spiro atoms. The maximum absolute atomic E-state index is 16.0. The van der Waals surface area contributed by atoms with E-state index in [0.29, 0.717) is 32.1 Å². The SMILES string of the molecule is CCO[C@@H]1C[C@H]2C(=O)NC3(CC(C)(C)C3)C(=O)N(CC)[C@@H](C3CCCC3)C(=O)N(C)[C@H](C(=O)N(C)C)CC(=O)N(C)[C@@H](CC)C(=O)N[C@@H]([C@@H](C)CC)C(=O)N(C)CC(=O)N(C)[C@H]3C/C=C\CCN(C3=O)[C@@H](CC3CCC(C(F)(F)F)CC3)C(=O)N(C)CC(=O)N[C@@H](CCC3CC(F)C(C(F)(F)F)C(F)C3)C(=O)N2C1. The van der Waals surface area contributed by atoms with Gasteiger partial charge in [0.05, 0.1) is 31.5 Å². The standard InChI is InChI=1S/C76H118F8N12O13/c1-15-44(5)62-70(106)90(11)41-60(99)92(13)54-26-20-19-23-33-95(69(54)105)57(36-45-27-30-48(31-28-45)75(79,80)81)68(104)89(10)40-58(97)85-52(32-29-46-34-50(77)61(51(78)35-46)76(82,83)84)66(102)96-39-49(109-18-4)37-55(96)65(101)87-74(42-73(6,7)43-74)72(108)94(17-3)63(47-24-21-22-25-47)71(107)93(14)56(67(103)88(8)9)38-59(98)91(12)53(16-2)64(100)86-62/h19-20,44-57,61-63H,15-18,21-43H2,1-14H3,(H,85,97)(H,86,100)(H,87,101)/b20-19-/t44-,45?,46?,48?,49+,50?,51?,52-,53-,54-,55-,56-,57-,61?,62-,63-/m0/s1. The van der Waals surface area contributed by atoms with Crippen LogP contribution < -0.4 is 16.0 Å². The minimum atomic E-state index is -5.22. The van der Waals surface area contributed by atoms with E-state index in [1.165, 1.54) is 64.0 Å². The molecule has 4 saturated carbocycles. The van der Waals surface area contributed by atoms with Crippen LogP contribution in [0, 0.1) is 40.9 Å². The number of hydrogen-bond acceptors (Lipinski definition) is 13. The van der Waals surface area contributed by atoms with Crippen molar-refractivity contribution in [2.75, 3.05) is 88.7 Å². The number of ether oxygens (including phenoxy) is 1. The number of carbonyl (C=O) groups is 12. The van der Waals surface area contributed by atoms with E-state index in [-0.39, 0.29) is 103 Å². The van der Waals surface area contributed by atoms with Crippen LogP contribution in [0.1, 0.15) is 183 Å². The number of alkyl halides is 8. The largest absolute Gasteiger partial charge is 0.397 e. The summed E-state index contributed by atoms with van der Waals surface area (Å²) in [5.41, 5.74) is -2.37. The van der Waals surface area contributed by atoms with Crippen molar-refractivity contribution in [1.82, 2.24) is 60.0 Å². The average molecular weight is 1560 g/mol. The summed E-state index contributed by atoms with van der Waals surface area (Å²) in [6.45, 7) is 10.1. The monoisotopic (exact) mass is 1560 g/mol. The highest BCUT2D eigenvalue weighted by Gasteiger charge is 2.60. The third-order valence-corrected chi connectivity index (χ3v) is 24.2. The van der Waals surface area contributed by atoms with Gasteiger partial charge in [-0.05, 0) is 146 Å². The molecule has 0 aromatic heterocycles. The molecule has 3 heterocycles. The summed E-state index contributed by atoms with van der Waals surface area (Å²) >= 11 is 0. The lowest BCUT2D eigenvalue weighted by Gasteiger charge is -2.55. The summed E-state index contributed by atoms with van der Waals surface area (Å²) in [7, 11) is 9.43. The summed E-state index contributed by atoms with van der Waals surface area (Å²) in [5, 5.41) is 8.46. The number of hydrogen-bond donors (Lipinski definition) is 3. The molecule has 7 aliphatic rings. The molecule has 3 aliphatic heterocycles. The highest BCUT2D eigenvalue weighted by molar-refractivity contribution is 6.01. The zero-order chi connectivity index (χ0) is 81.3. The summed E-state index contributed by atoms with van der Waals surface area (Å²) in [6.07, 6.45) is -13.8. The van der Waals surface area contributed by atoms with Gasteiger partial charge in [0, 0.05) is 82.0 Å². The van der Waals surface area contributed by atoms with Gasteiger partial charge in [-0.15, -0.1) is 0 Å². The van der Waals surface area contributed by atoms with Gasteiger partial charge in [0.15, 0.2) is 0 Å². The molecule has 6 fully saturated rings. The summed E-state index contributed by atoms with van der Waals surface area (Å²) in [6, 6.07) is -11.4. The molecular weight excluding hydrogens is 1440 g/mol. The molecule has 2 bridgehead atoms. The maximum atomic E-state index is 16.0. The van der Waals surface area contributed by atoms with Crippen LogP contribution in [0.3, 0.4) is 0 Å². The fourth-order valence-corrected chi connectivity index (χ4v) is 17.9. The van der Waals surface area contributed by atoms with Gasteiger partial charge >= 0.3 is 12.4 Å². The number of likely N-dealkylation sites (N-methyl/N-ethyl adjacent to an activating group) is 7. The van der Waals surface area contributed by atoms with Gasteiger partial charge in [0.25, 0.3) is 0 Å². The van der Waals surface area contributed by atoms with Crippen LogP contribution in [0.5, 0.6) is 0 Å². The Morgan fingerprint density at radius 2 is 1.28 bits per heavy atom. The molecule has 0 radical (unpaired) electrons. The van der Waals surface area contributed by atoms with E-state index < -0.39 is 235 Å². The predicted octanol–water partition coefficient (Wildman–Crippen LogP) is 6.74. The molecule has 25 nitrogen and oxygen atoms in total. The average Bonchev–Trinajstić information content (AvgIpc) is 1.41. The van der Waals surface area contributed by atoms with Gasteiger partial charge in [0.2, 0.25) is 70.9 Å². The molecule has 12 amide bonds. The van der Waals surface area contributed by atoms with Crippen molar-refractivity contribution in [3.8, 4) is 0 Å². The second-order valence-corrected chi connectivity index (χ2v) is 32.8. The number of amides is 12. The van der Waals surface area contributed by atoms with Gasteiger partial charge in [-0.2, -0.15) is 26.3 Å². The lowest BCUT2D eigenvalue weighted by atomic mass is 9.58. The molecule has 616 valence electrons. The number of nitrogens with zero attached hydrogens (tertiary/aromatic N) is 9. The van der Waals surface area contributed by atoms with E-state index in [4.69, 9.17) is 4.74 Å². The molecule has 2 unspecified atom stereocenters. The molecule has 3 N–H and O–H groups in total. The molecular formula is C76H118F8N12O13. The van der Waals surface area contributed by atoms with E-state index in [9.17, 15) is 55.1 Å². The Morgan fingerprint density at radius 1 is 0.661 bits per heavy atom. The first-order valence-electron chi connectivity index (χ1n) is 39.0. The fourth-order valence-electron chi connectivity index (χ4n) is 17.9.